The van der Waals surface area contributed by atoms with Gasteiger partial charge in [-0.05, 0) is 17.3 Å². The van der Waals surface area contributed by atoms with Crippen LogP contribution >= 0.6 is 0 Å². The monoisotopic (exact) mass is 309 g/mol. The second-order valence-electron chi connectivity index (χ2n) is 5.71. The average Bonchev–Trinajstić information content (AvgIpc) is 2.39. The smallest absolute Gasteiger partial charge is 0.179 e. The van der Waals surface area contributed by atoms with Crippen LogP contribution in [0.5, 0.6) is 5.75 Å². The zero-order chi connectivity index (χ0) is 15.8. The summed E-state index contributed by atoms with van der Waals surface area (Å²) in [6.45, 7) is 5.85. The molecule has 2 rings (SSSR count). The first-order chi connectivity index (χ1) is 9.74. The molecule has 0 fully saturated rings. The van der Waals surface area contributed by atoms with Gasteiger partial charge in [-0.3, -0.25) is 0 Å². The molecule has 0 bridgehead atoms. The van der Waals surface area contributed by atoms with Crippen LogP contribution in [0.25, 0.3) is 11.4 Å². The maximum atomic E-state index is 14.3. The Kier molecular flexibility index (Phi) is 3.95. The van der Waals surface area contributed by atoms with Crippen molar-refractivity contribution < 1.29 is 13.5 Å². The van der Waals surface area contributed by atoms with Crippen LogP contribution in [-0.4, -0.2) is 25.2 Å². The van der Waals surface area contributed by atoms with Crippen molar-refractivity contribution in [2.75, 3.05) is 12.8 Å². The number of methoxy groups -OCH3 is 1. The summed E-state index contributed by atoms with van der Waals surface area (Å²) in [7, 11) is -0.531. The molecule has 4 nitrogen and oxygen atoms in total. The van der Waals surface area contributed by atoms with Crippen molar-refractivity contribution in [3.63, 3.8) is 0 Å². The first kappa shape index (κ1) is 15.4. The fourth-order valence-corrected chi connectivity index (χ4v) is 3.31. The Morgan fingerprint density at radius 2 is 1.81 bits per heavy atom. The van der Waals surface area contributed by atoms with E-state index in [9.17, 15) is 8.78 Å². The Labute approximate surface area is 123 Å². The van der Waals surface area contributed by atoms with Gasteiger partial charge in [0, 0.05) is 0 Å². The predicted molar refractivity (Wildman–Crippen MR) is 81.3 cm³/mol. The second-order valence-corrected chi connectivity index (χ2v) is 10.7. The molecule has 1 aromatic heterocycles. The van der Waals surface area contributed by atoms with Crippen LogP contribution in [0.2, 0.25) is 19.6 Å². The summed E-state index contributed by atoms with van der Waals surface area (Å²) in [6, 6.07) is 2.37. The van der Waals surface area contributed by atoms with Crippen LogP contribution in [0.15, 0.2) is 18.3 Å². The zero-order valence-electron chi connectivity index (χ0n) is 12.4. The maximum Gasteiger partial charge on any atom is 0.179 e. The molecule has 0 unspecified atom stereocenters. The van der Waals surface area contributed by atoms with E-state index in [0.29, 0.717) is 10.9 Å². The van der Waals surface area contributed by atoms with Crippen molar-refractivity contribution >= 4 is 19.1 Å². The summed E-state index contributed by atoms with van der Waals surface area (Å²) in [5, 5.41) is 0.435. The molecule has 1 heterocycles. The van der Waals surface area contributed by atoms with Crippen LogP contribution in [0.3, 0.4) is 0 Å². The summed E-state index contributed by atoms with van der Waals surface area (Å²) >= 11 is 0. The first-order valence-corrected chi connectivity index (χ1v) is 9.90. The maximum absolute atomic E-state index is 14.3. The highest BCUT2D eigenvalue weighted by Crippen LogP contribution is 2.25. The molecular formula is C14H17F2N3OSi. The van der Waals surface area contributed by atoms with Crippen molar-refractivity contribution in [1.29, 1.82) is 0 Å². The van der Waals surface area contributed by atoms with E-state index in [4.69, 9.17) is 10.5 Å². The van der Waals surface area contributed by atoms with Gasteiger partial charge < -0.3 is 10.5 Å². The minimum atomic E-state index is -1.96. The average molecular weight is 309 g/mol. The Morgan fingerprint density at radius 1 is 1.14 bits per heavy atom. The quantitative estimate of drug-likeness (QED) is 0.885. The Hall–Kier alpha value is -2.02. The van der Waals surface area contributed by atoms with E-state index in [1.165, 1.54) is 19.4 Å². The summed E-state index contributed by atoms with van der Waals surface area (Å²) in [4.78, 5) is 7.92. The van der Waals surface area contributed by atoms with Crippen LogP contribution in [-0.2, 0) is 0 Å². The van der Waals surface area contributed by atoms with Gasteiger partial charge in [0.15, 0.2) is 17.4 Å². The van der Waals surface area contributed by atoms with Gasteiger partial charge >= 0.3 is 0 Å². The van der Waals surface area contributed by atoms with Gasteiger partial charge in [-0.25, -0.2) is 18.7 Å². The number of nitrogen functional groups attached to an aromatic ring is 1. The van der Waals surface area contributed by atoms with Gasteiger partial charge in [0.25, 0.3) is 0 Å². The lowest BCUT2D eigenvalue weighted by atomic mass is 10.2. The number of nitrogens with zero attached hydrogens (tertiary/aromatic N) is 2. The molecular weight excluding hydrogens is 292 g/mol. The fraction of sp³-hybridized carbons (Fsp3) is 0.286. The second kappa shape index (κ2) is 5.40. The molecule has 2 N–H and O–H groups in total. The normalized spacial score (nSPS) is 11.5. The third kappa shape index (κ3) is 3.02. The molecule has 0 radical (unpaired) electrons. The van der Waals surface area contributed by atoms with E-state index in [1.807, 2.05) is 19.6 Å². The fourth-order valence-electron chi connectivity index (χ4n) is 1.96. The van der Waals surface area contributed by atoms with E-state index in [1.54, 1.807) is 0 Å². The standard InChI is InChI=1S/C14H17F2N3OSi/c1-20-11-7-18-14(19-13(11)17)8-5-10(16)12(6-9(8)15)21(2,3)4/h5-7H,1-4H3,(H2,17,18,19). The molecule has 0 saturated carbocycles. The van der Waals surface area contributed by atoms with Gasteiger partial charge in [-0.1, -0.05) is 19.6 Å². The third-order valence-electron chi connectivity index (χ3n) is 3.11. The van der Waals surface area contributed by atoms with Gasteiger partial charge in [0.05, 0.1) is 26.9 Å². The summed E-state index contributed by atoms with van der Waals surface area (Å²) in [6.07, 6.45) is 1.33. The van der Waals surface area contributed by atoms with Crippen LogP contribution in [0.1, 0.15) is 0 Å². The number of ether oxygens (including phenoxy) is 1. The first-order valence-electron chi connectivity index (χ1n) is 6.40. The highest BCUT2D eigenvalue weighted by Gasteiger charge is 2.24. The molecule has 0 amide bonds. The summed E-state index contributed by atoms with van der Waals surface area (Å²) < 4.78 is 33.4. The lowest BCUT2D eigenvalue weighted by Gasteiger charge is -2.18. The Bertz CT molecular complexity index is 687. The van der Waals surface area contributed by atoms with Gasteiger partial charge in [0.1, 0.15) is 11.6 Å². The molecule has 0 saturated heterocycles. The molecule has 0 aliphatic rings. The lowest BCUT2D eigenvalue weighted by molar-refractivity contribution is 0.413. The number of halogens is 2. The number of anilines is 1. The molecule has 0 aliphatic heterocycles. The molecule has 0 atom stereocenters. The van der Waals surface area contributed by atoms with Crippen LogP contribution in [0, 0.1) is 11.6 Å². The van der Waals surface area contributed by atoms with Crippen molar-refractivity contribution in [3.05, 3.63) is 30.0 Å². The molecule has 1 aromatic carbocycles. The number of hydrogen-bond acceptors (Lipinski definition) is 4. The summed E-state index contributed by atoms with van der Waals surface area (Å²) in [5.74, 6) is -0.594. The van der Waals surface area contributed by atoms with Crippen LogP contribution < -0.4 is 15.7 Å². The van der Waals surface area contributed by atoms with E-state index in [0.717, 1.165) is 6.07 Å². The number of hydrogen-bond donors (Lipinski definition) is 1. The minimum absolute atomic E-state index is 0.0103. The highest BCUT2D eigenvalue weighted by molar-refractivity contribution is 6.88. The van der Waals surface area contributed by atoms with E-state index < -0.39 is 19.7 Å². The molecule has 0 aliphatic carbocycles. The lowest BCUT2D eigenvalue weighted by Crippen LogP contribution is -2.40. The SMILES string of the molecule is COc1cnc(-c2cc(F)c([Si](C)(C)C)cc2F)nc1N. The zero-order valence-corrected chi connectivity index (χ0v) is 13.4. The van der Waals surface area contributed by atoms with Crippen molar-refractivity contribution in [3.8, 4) is 17.1 Å². The molecule has 112 valence electrons. The third-order valence-corrected chi connectivity index (χ3v) is 5.11. The van der Waals surface area contributed by atoms with E-state index >= 15 is 0 Å². The van der Waals surface area contributed by atoms with E-state index in [-0.39, 0.29) is 17.2 Å². The number of rotatable bonds is 3. The predicted octanol–water partition coefficient (Wildman–Crippen LogP) is 2.56. The minimum Gasteiger partial charge on any atom is -0.491 e. The topological polar surface area (TPSA) is 61.0 Å². The van der Waals surface area contributed by atoms with Gasteiger partial charge in [-0.15, -0.1) is 0 Å². The van der Waals surface area contributed by atoms with Crippen LogP contribution in [0.4, 0.5) is 14.6 Å². The highest BCUT2D eigenvalue weighted by atomic mass is 28.3. The number of nitrogens with two attached hydrogens (primary N) is 1. The molecule has 2 aromatic rings. The van der Waals surface area contributed by atoms with Crippen molar-refractivity contribution in [2.45, 2.75) is 19.6 Å². The molecule has 21 heavy (non-hydrogen) atoms. The molecule has 0 spiro atoms. The Balaban J connectivity index is 2.55. The number of aromatic nitrogens is 2. The summed E-state index contributed by atoms with van der Waals surface area (Å²) in [5.41, 5.74) is 5.66. The molecule has 7 heteroatoms. The van der Waals surface area contributed by atoms with E-state index in [2.05, 4.69) is 9.97 Å². The van der Waals surface area contributed by atoms with Crippen molar-refractivity contribution in [2.24, 2.45) is 0 Å². The van der Waals surface area contributed by atoms with Gasteiger partial charge in [-0.2, -0.15) is 0 Å². The van der Waals surface area contributed by atoms with Gasteiger partial charge in [0.2, 0.25) is 0 Å². The largest absolute Gasteiger partial charge is 0.491 e. The number of benzene rings is 1. The Morgan fingerprint density at radius 3 is 2.33 bits per heavy atom. The van der Waals surface area contributed by atoms with Crippen molar-refractivity contribution in [1.82, 2.24) is 9.97 Å².